The fraction of sp³-hybridized carbons (Fsp3) is 0.0588. The Hall–Kier alpha value is -2.60. The Bertz CT molecular complexity index is 833. The van der Waals surface area contributed by atoms with E-state index < -0.39 is 0 Å². The zero-order chi connectivity index (χ0) is 16.0. The molecular weight excluding hydrogens is 313 g/mol. The molecule has 6 heteroatoms. The second-order valence-electron chi connectivity index (χ2n) is 5.26. The van der Waals surface area contributed by atoms with Crippen LogP contribution in [0.5, 0.6) is 0 Å². The molecule has 114 valence electrons. The van der Waals surface area contributed by atoms with Crippen LogP contribution in [-0.2, 0) is 4.79 Å². The molecule has 1 fully saturated rings. The number of para-hydroxylation sites is 1. The van der Waals surface area contributed by atoms with Gasteiger partial charge < -0.3 is 5.32 Å². The molecule has 2 aromatic carbocycles. The topological polar surface area (TPSA) is 56.2 Å². The summed E-state index contributed by atoms with van der Waals surface area (Å²) in [6, 6.07) is 13.5. The summed E-state index contributed by atoms with van der Waals surface area (Å²) in [5.74, 6) is -0.402. The number of hydrogen-bond acceptors (Lipinski definition) is 4. The van der Waals surface area contributed by atoms with Gasteiger partial charge in [0.1, 0.15) is 11.7 Å². The molecule has 2 aromatic rings. The molecule has 2 N–H and O–H groups in total. The van der Waals surface area contributed by atoms with Gasteiger partial charge in [-0.05, 0) is 36.4 Å². The third-order valence-electron chi connectivity index (χ3n) is 3.79. The van der Waals surface area contributed by atoms with Crippen LogP contribution in [0.2, 0.25) is 0 Å². The van der Waals surface area contributed by atoms with Crippen molar-refractivity contribution in [3.05, 3.63) is 65.0 Å². The van der Waals surface area contributed by atoms with E-state index in [-0.39, 0.29) is 24.0 Å². The van der Waals surface area contributed by atoms with E-state index in [0.29, 0.717) is 11.3 Å². The Morgan fingerprint density at radius 3 is 2.61 bits per heavy atom. The van der Waals surface area contributed by atoms with E-state index in [1.807, 2.05) is 24.3 Å². The van der Waals surface area contributed by atoms with Crippen molar-refractivity contribution in [2.24, 2.45) is 0 Å². The predicted octanol–water partition coefficient (Wildman–Crippen LogP) is 3.97. The first-order valence-corrected chi connectivity index (χ1v) is 7.89. The van der Waals surface area contributed by atoms with Crippen molar-refractivity contribution in [1.29, 1.82) is 5.41 Å². The standard InChI is InChI=1S/C17H12FN3OS/c18-10-5-7-11(8-6-10)21-15(22)9-12(16(21)19)17-20-13-3-1-2-4-14(13)23-17/h1-8,19-20H,9H2. The SMILES string of the molecule is N=C1C(=C2Nc3ccccc3S2)CC(=O)N1c1ccc(F)cc1. The molecule has 1 saturated heterocycles. The van der Waals surface area contributed by atoms with Crippen molar-refractivity contribution in [1.82, 2.24) is 0 Å². The molecule has 0 aliphatic carbocycles. The predicted molar refractivity (Wildman–Crippen MR) is 89.2 cm³/mol. The molecule has 2 aliphatic rings. The molecule has 4 nitrogen and oxygen atoms in total. The maximum Gasteiger partial charge on any atom is 0.237 e. The lowest BCUT2D eigenvalue weighted by Crippen LogP contribution is -2.28. The van der Waals surface area contributed by atoms with Crippen molar-refractivity contribution in [2.75, 3.05) is 10.2 Å². The summed E-state index contributed by atoms with van der Waals surface area (Å²) < 4.78 is 13.1. The quantitative estimate of drug-likeness (QED) is 0.834. The average Bonchev–Trinajstić information content (AvgIpc) is 3.09. The minimum Gasteiger partial charge on any atom is -0.349 e. The number of hydrogen-bond donors (Lipinski definition) is 2. The highest BCUT2D eigenvalue weighted by Crippen LogP contribution is 2.44. The number of carbonyl (C=O) groups excluding carboxylic acids is 1. The highest BCUT2D eigenvalue weighted by Gasteiger charge is 2.35. The van der Waals surface area contributed by atoms with Crippen molar-refractivity contribution in [2.45, 2.75) is 11.3 Å². The minimum atomic E-state index is -0.367. The highest BCUT2D eigenvalue weighted by molar-refractivity contribution is 8.03. The normalized spacial score (nSPS) is 20.0. The third-order valence-corrected chi connectivity index (χ3v) is 4.92. The number of halogens is 1. The average molecular weight is 325 g/mol. The smallest absolute Gasteiger partial charge is 0.237 e. The van der Waals surface area contributed by atoms with E-state index >= 15 is 0 Å². The van der Waals surface area contributed by atoms with Gasteiger partial charge in [-0.25, -0.2) is 4.39 Å². The highest BCUT2D eigenvalue weighted by atomic mass is 32.2. The van der Waals surface area contributed by atoms with Crippen LogP contribution >= 0.6 is 11.8 Å². The lowest BCUT2D eigenvalue weighted by atomic mass is 10.2. The van der Waals surface area contributed by atoms with Gasteiger partial charge in [0.05, 0.1) is 22.8 Å². The number of benzene rings is 2. The van der Waals surface area contributed by atoms with Gasteiger partial charge in [-0.1, -0.05) is 23.9 Å². The fourth-order valence-corrected chi connectivity index (χ4v) is 3.73. The van der Waals surface area contributed by atoms with Gasteiger partial charge in [-0.15, -0.1) is 0 Å². The van der Waals surface area contributed by atoms with Gasteiger partial charge in [0.25, 0.3) is 0 Å². The first-order valence-electron chi connectivity index (χ1n) is 7.08. The second-order valence-corrected chi connectivity index (χ2v) is 6.31. The summed E-state index contributed by atoms with van der Waals surface area (Å²) >= 11 is 1.53. The van der Waals surface area contributed by atoms with Crippen molar-refractivity contribution in [3.63, 3.8) is 0 Å². The van der Waals surface area contributed by atoms with Crippen LogP contribution in [0.15, 0.2) is 64.0 Å². The zero-order valence-corrected chi connectivity index (χ0v) is 12.8. The summed E-state index contributed by atoms with van der Waals surface area (Å²) in [5.41, 5.74) is 2.17. The van der Waals surface area contributed by atoms with E-state index in [0.717, 1.165) is 15.6 Å². The van der Waals surface area contributed by atoms with Crippen LogP contribution in [-0.4, -0.2) is 11.7 Å². The first-order chi connectivity index (χ1) is 11.1. The fourth-order valence-electron chi connectivity index (χ4n) is 2.68. The van der Waals surface area contributed by atoms with Gasteiger partial charge in [-0.2, -0.15) is 0 Å². The van der Waals surface area contributed by atoms with E-state index in [4.69, 9.17) is 5.41 Å². The molecule has 0 unspecified atom stereocenters. The summed E-state index contributed by atoms with van der Waals surface area (Å²) in [6.45, 7) is 0. The molecule has 1 amide bonds. The lowest BCUT2D eigenvalue weighted by molar-refractivity contribution is -0.116. The van der Waals surface area contributed by atoms with Gasteiger partial charge in [0, 0.05) is 10.5 Å². The lowest BCUT2D eigenvalue weighted by Gasteiger charge is -2.15. The Morgan fingerprint density at radius 2 is 1.87 bits per heavy atom. The summed E-state index contributed by atoms with van der Waals surface area (Å²) in [4.78, 5) is 14.7. The van der Waals surface area contributed by atoms with Gasteiger partial charge in [0.2, 0.25) is 5.91 Å². The molecule has 2 heterocycles. The molecular formula is C17H12FN3OS. The minimum absolute atomic E-state index is 0.143. The van der Waals surface area contributed by atoms with Crippen LogP contribution in [0.4, 0.5) is 15.8 Å². The summed E-state index contributed by atoms with van der Waals surface area (Å²) in [7, 11) is 0. The van der Waals surface area contributed by atoms with Crippen LogP contribution in [0.3, 0.4) is 0 Å². The number of nitrogens with one attached hydrogen (secondary N) is 2. The Morgan fingerprint density at radius 1 is 1.13 bits per heavy atom. The Balaban J connectivity index is 1.69. The molecule has 2 aliphatic heterocycles. The second kappa shape index (κ2) is 5.24. The molecule has 4 rings (SSSR count). The largest absolute Gasteiger partial charge is 0.349 e. The maximum atomic E-state index is 13.1. The van der Waals surface area contributed by atoms with Gasteiger partial charge in [-0.3, -0.25) is 15.1 Å². The number of rotatable bonds is 1. The van der Waals surface area contributed by atoms with Crippen LogP contribution in [0.1, 0.15) is 6.42 Å². The van der Waals surface area contributed by atoms with Gasteiger partial charge in [0.15, 0.2) is 0 Å². The summed E-state index contributed by atoms with van der Waals surface area (Å²) in [5, 5.41) is 12.4. The first kappa shape index (κ1) is 14.0. The molecule has 0 radical (unpaired) electrons. The number of nitrogens with zero attached hydrogens (tertiary/aromatic N) is 1. The van der Waals surface area contributed by atoms with Crippen LogP contribution in [0.25, 0.3) is 0 Å². The van der Waals surface area contributed by atoms with E-state index in [9.17, 15) is 9.18 Å². The Labute approximate surface area is 136 Å². The monoisotopic (exact) mass is 325 g/mol. The van der Waals surface area contributed by atoms with Crippen molar-refractivity contribution >= 4 is 34.9 Å². The number of thioether (sulfide) groups is 1. The van der Waals surface area contributed by atoms with Crippen molar-refractivity contribution in [3.8, 4) is 0 Å². The van der Waals surface area contributed by atoms with Gasteiger partial charge >= 0.3 is 0 Å². The number of fused-ring (bicyclic) bond motifs is 1. The molecule has 0 spiro atoms. The van der Waals surface area contributed by atoms with E-state index in [2.05, 4.69) is 5.32 Å². The van der Waals surface area contributed by atoms with E-state index in [1.54, 1.807) is 0 Å². The van der Waals surface area contributed by atoms with E-state index in [1.165, 1.54) is 40.9 Å². The molecule has 0 saturated carbocycles. The Kier molecular flexibility index (Phi) is 3.20. The number of amidine groups is 1. The molecule has 0 bridgehead atoms. The number of carbonyl (C=O) groups is 1. The zero-order valence-electron chi connectivity index (χ0n) is 12.0. The van der Waals surface area contributed by atoms with Crippen molar-refractivity contribution < 1.29 is 9.18 Å². The summed E-state index contributed by atoms with van der Waals surface area (Å²) in [6.07, 6.45) is 0.166. The molecule has 0 atom stereocenters. The number of amides is 1. The number of anilines is 2. The maximum absolute atomic E-state index is 13.1. The van der Waals surface area contributed by atoms with Crippen LogP contribution < -0.4 is 10.2 Å². The van der Waals surface area contributed by atoms with Crippen LogP contribution in [0, 0.1) is 11.2 Å². The third kappa shape index (κ3) is 2.31. The molecule has 0 aromatic heterocycles. The molecule has 23 heavy (non-hydrogen) atoms.